The van der Waals surface area contributed by atoms with E-state index < -0.39 is 0 Å². The Morgan fingerprint density at radius 1 is 1.00 bits per heavy atom. The van der Waals surface area contributed by atoms with Crippen LogP contribution in [0.1, 0.15) is 12.8 Å². The summed E-state index contributed by atoms with van der Waals surface area (Å²) in [4.78, 5) is 14.9. The van der Waals surface area contributed by atoms with Gasteiger partial charge >= 0.3 is 0 Å². The maximum atomic E-state index is 6.64. The number of piperazine rings is 1. The van der Waals surface area contributed by atoms with Crippen LogP contribution in [-0.4, -0.2) is 38.1 Å². The summed E-state index contributed by atoms with van der Waals surface area (Å²) in [5.74, 6) is 0. The molecule has 4 aliphatic rings. The van der Waals surface area contributed by atoms with E-state index in [1.54, 1.807) is 0 Å². The summed E-state index contributed by atoms with van der Waals surface area (Å²) in [7, 11) is 2.18. The van der Waals surface area contributed by atoms with Crippen molar-refractivity contribution in [3.8, 4) is 0 Å². The Hall–Kier alpha value is -2.17. The number of fused-ring (bicyclic) bond motifs is 1. The lowest BCUT2D eigenvalue weighted by Crippen LogP contribution is -2.45. The molecule has 1 saturated heterocycles. The summed E-state index contributed by atoms with van der Waals surface area (Å²) in [5, 5.41) is 2.58. The van der Waals surface area contributed by atoms with E-state index in [4.69, 9.17) is 21.6 Å². The molecule has 2 aliphatic heterocycles. The molecular weight excluding hydrogens is 356 g/mol. The number of benzene rings is 1. The van der Waals surface area contributed by atoms with E-state index in [0.717, 1.165) is 66.2 Å². The number of allylic oxidation sites excluding steroid dienone is 6. The Morgan fingerprint density at radius 3 is 2.67 bits per heavy atom. The van der Waals surface area contributed by atoms with Crippen LogP contribution in [0, 0.1) is 5.41 Å². The van der Waals surface area contributed by atoms with E-state index in [1.807, 2.05) is 6.08 Å². The summed E-state index contributed by atoms with van der Waals surface area (Å²) < 4.78 is 0. The van der Waals surface area contributed by atoms with Gasteiger partial charge in [-0.2, -0.15) is 0 Å². The van der Waals surface area contributed by atoms with Gasteiger partial charge in [-0.1, -0.05) is 29.8 Å². The summed E-state index contributed by atoms with van der Waals surface area (Å²) in [6.07, 6.45) is 12.3. The zero-order valence-corrected chi connectivity index (χ0v) is 16.3. The van der Waals surface area contributed by atoms with Crippen LogP contribution in [0.3, 0.4) is 0 Å². The summed E-state index contributed by atoms with van der Waals surface area (Å²) in [6.45, 7) is 4.25. The van der Waals surface area contributed by atoms with Crippen LogP contribution in [0.2, 0.25) is 0 Å². The van der Waals surface area contributed by atoms with Crippen LogP contribution in [0.5, 0.6) is 0 Å². The molecule has 1 fully saturated rings. The molecule has 5 rings (SSSR count). The molecule has 0 bridgehead atoms. The minimum Gasteiger partial charge on any atom is -0.369 e. The van der Waals surface area contributed by atoms with Gasteiger partial charge in [-0.25, -0.2) is 4.99 Å². The van der Waals surface area contributed by atoms with Crippen molar-refractivity contribution in [1.82, 2.24) is 4.90 Å². The first-order valence-electron chi connectivity index (χ1n) is 9.61. The highest BCUT2D eigenvalue weighted by atomic mass is 35.5. The van der Waals surface area contributed by atoms with Gasteiger partial charge in [-0.3, -0.25) is 4.99 Å². The number of hydrogen-bond acceptors (Lipinski definition) is 4. The highest BCUT2D eigenvalue weighted by Gasteiger charge is 2.41. The SMILES string of the molecule is CN1CCN(c2ccc3c(c2)=NC2=C(Cl)C=CCC24CC=CC=C4N=3)CC1. The van der Waals surface area contributed by atoms with Gasteiger partial charge in [0.1, 0.15) is 0 Å². The van der Waals surface area contributed by atoms with Crippen LogP contribution in [0.4, 0.5) is 5.69 Å². The zero-order chi connectivity index (χ0) is 18.4. The molecule has 1 unspecified atom stereocenters. The summed E-state index contributed by atoms with van der Waals surface area (Å²) in [5.41, 5.74) is 3.01. The Morgan fingerprint density at radius 2 is 1.81 bits per heavy atom. The second kappa shape index (κ2) is 6.47. The first kappa shape index (κ1) is 17.0. The van der Waals surface area contributed by atoms with Gasteiger partial charge in [0.05, 0.1) is 32.6 Å². The third-order valence-corrected chi connectivity index (χ3v) is 6.36. The Kier molecular flexibility index (Phi) is 4.06. The van der Waals surface area contributed by atoms with E-state index in [-0.39, 0.29) is 5.41 Å². The lowest BCUT2D eigenvalue weighted by Gasteiger charge is -2.36. The molecule has 5 heteroatoms. The summed E-state index contributed by atoms with van der Waals surface area (Å²) in [6, 6.07) is 6.47. The van der Waals surface area contributed by atoms with E-state index in [9.17, 15) is 0 Å². The minimum atomic E-state index is -0.229. The second-order valence-electron chi connectivity index (χ2n) is 7.76. The number of nitrogens with zero attached hydrogens (tertiary/aromatic N) is 4. The fraction of sp³-hybridized carbons (Fsp3) is 0.364. The van der Waals surface area contributed by atoms with Gasteiger partial charge in [0.15, 0.2) is 0 Å². The molecule has 138 valence electrons. The topological polar surface area (TPSA) is 31.2 Å². The lowest BCUT2D eigenvalue weighted by molar-refractivity contribution is 0.313. The predicted molar refractivity (Wildman–Crippen MR) is 109 cm³/mol. The van der Waals surface area contributed by atoms with Crippen molar-refractivity contribution in [2.24, 2.45) is 15.4 Å². The molecule has 1 aromatic carbocycles. The zero-order valence-electron chi connectivity index (χ0n) is 15.5. The average Bonchev–Trinajstić information content (AvgIpc) is 2.83. The molecule has 4 nitrogen and oxygen atoms in total. The number of likely N-dealkylation sites (N-methyl/N-ethyl adjacent to an activating group) is 1. The van der Waals surface area contributed by atoms with Crippen molar-refractivity contribution in [1.29, 1.82) is 0 Å². The van der Waals surface area contributed by atoms with Crippen molar-refractivity contribution in [3.63, 3.8) is 0 Å². The van der Waals surface area contributed by atoms with Gasteiger partial charge in [0.25, 0.3) is 0 Å². The maximum Gasteiger partial charge on any atom is 0.0911 e. The van der Waals surface area contributed by atoms with Crippen LogP contribution in [0.25, 0.3) is 0 Å². The van der Waals surface area contributed by atoms with Gasteiger partial charge < -0.3 is 9.80 Å². The molecule has 0 saturated carbocycles. The van der Waals surface area contributed by atoms with Crippen molar-refractivity contribution in [2.75, 3.05) is 38.1 Å². The Bertz CT molecular complexity index is 1020. The molecule has 2 heterocycles. The molecule has 1 spiro atoms. The molecule has 27 heavy (non-hydrogen) atoms. The smallest absolute Gasteiger partial charge is 0.0911 e. The highest BCUT2D eigenvalue weighted by molar-refractivity contribution is 6.31. The fourth-order valence-electron chi connectivity index (χ4n) is 4.38. The van der Waals surface area contributed by atoms with Crippen molar-refractivity contribution < 1.29 is 0 Å². The van der Waals surface area contributed by atoms with Crippen LogP contribution >= 0.6 is 11.6 Å². The Balaban J connectivity index is 1.67. The second-order valence-corrected chi connectivity index (χ2v) is 8.16. The first-order valence-corrected chi connectivity index (χ1v) is 9.99. The van der Waals surface area contributed by atoms with Crippen LogP contribution in [0.15, 0.2) is 75.0 Å². The lowest BCUT2D eigenvalue weighted by atomic mass is 9.71. The third-order valence-electron chi connectivity index (χ3n) is 6.06. The predicted octanol–water partition coefficient (Wildman–Crippen LogP) is 2.93. The number of anilines is 1. The van der Waals surface area contributed by atoms with E-state index in [0.29, 0.717) is 0 Å². The van der Waals surface area contributed by atoms with E-state index >= 15 is 0 Å². The summed E-state index contributed by atoms with van der Waals surface area (Å²) >= 11 is 6.64. The van der Waals surface area contributed by atoms with Gasteiger partial charge in [-0.15, -0.1) is 0 Å². The third kappa shape index (κ3) is 2.79. The van der Waals surface area contributed by atoms with Crippen molar-refractivity contribution in [3.05, 3.63) is 75.7 Å². The molecule has 0 amide bonds. The quantitative estimate of drug-likeness (QED) is 0.752. The molecule has 0 N–H and O–H groups in total. The normalized spacial score (nSPS) is 27.0. The number of hydrogen-bond donors (Lipinski definition) is 0. The number of halogens is 1. The standard InChI is InChI=1S/C22H23ClN4/c1-26-11-13-27(14-12-26)16-7-8-18-19(15-16)25-21-17(23)5-4-10-22(21)9-3-2-6-20(22)24-18/h2-8,15H,9-14H2,1H3. The van der Waals surface area contributed by atoms with E-state index in [1.165, 1.54) is 5.69 Å². The maximum absolute atomic E-state index is 6.64. The highest BCUT2D eigenvalue weighted by Crippen LogP contribution is 2.50. The van der Waals surface area contributed by atoms with Gasteiger partial charge in [-0.05, 0) is 50.2 Å². The molecule has 2 aliphatic carbocycles. The van der Waals surface area contributed by atoms with Crippen molar-refractivity contribution in [2.45, 2.75) is 12.8 Å². The van der Waals surface area contributed by atoms with Crippen LogP contribution < -0.4 is 15.6 Å². The van der Waals surface area contributed by atoms with Crippen molar-refractivity contribution >= 4 is 17.3 Å². The molecule has 0 radical (unpaired) electrons. The van der Waals surface area contributed by atoms with Gasteiger partial charge in [0.2, 0.25) is 0 Å². The Labute approximate surface area is 164 Å². The van der Waals surface area contributed by atoms with Crippen LogP contribution in [-0.2, 0) is 0 Å². The fourth-order valence-corrected chi connectivity index (χ4v) is 4.69. The molecule has 0 aromatic heterocycles. The number of rotatable bonds is 1. The van der Waals surface area contributed by atoms with Gasteiger partial charge in [0, 0.05) is 31.9 Å². The molecule has 1 atom stereocenters. The largest absolute Gasteiger partial charge is 0.369 e. The molecular formula is C22H23ClN4. The molecule has 1 aromatic rings. The monoisotopic (exact) mass is 378 g/mol. The minimum absolute atomic E-state index is 0.229. The van der Waals surface area contributed by atoms with E-state index in [2.05, 4.69) is 59.4 Å². The first-order chi connectivity index (χ1) is 13.2. The average molecular weight is 379 g/mol.